The summed E-state index contributed by atoms with van der Waals surface area (Å²) < 4.78 is 9.47. The second-order valence-electron chi connectivity index (χ2n) is 3.10. The Hall–Kier alpha value is -2.04. The average Bonchev–Trinajstić information content (AvgIpc) is 2.78. The van der Waals surface area contributed by atoms with Crippen molar-refractivity contribution in [3.05, 3.63) is 30.2 Å². The molecule has 1 aromatic heterocycles. The van der Waals surface area contributed by atoms with E-state index < -0.39 is 12.0 Å². The standard InChI is InChI=1S/C11H13NO4/c1-8(11(14)15-2)12-10(13)6-5-9-4-3-7-16-9/h3-8H,1-2H3,(H,12,13). The molecule has 0 fully saturated rings. The monoisotopic (exact) mass is 223 g/mol. The zero-order valence-electron chi connectivity index (χ0n) is 9.10. The SMILES string of the molecule is COC(=O)C(C)NC(=O)C=Cc1ccco1. The third-order valence-corrected chi connectivity index (χ3v) is 1.86. The van der Waals surface area contributed by atoms with E-state index in [0.717, 1.165) is 0 Å². The number of ether oxygens (including phenoxy) is 1. The first-order chi connectivity index (χ1) is 7.63. The molecule has 0 aliphatic rings. The summed E-state index contributed by atoms with van der Waals surface area (Å²) in [6, 6.07) is 2.76. The molecule has 0 aliphatic carbocycles. The molecule has 5 heteroatoms. The van der Waals surface area contributed by atoms with Gasteiger partial charge in [-0.15, -0.1) is 0 Å². The van der Waals surface area contributed by atoms with Gasteiger partial charge in [-0.25, -0.2) is 4.79 Å². The highest BCUT2D eigenvalue weighted by Gasteiger charge is 2.13. The van der Waals surface area contributed by atoms with E-state index in [4.69, 9.17) is 4.42 Å². The van der Waals surface area contributed by atoms with Crippen molar-refractivity contribution in [3.63, 3.8) is 0 Å². The van der Waals surface area contributed by atoms with Crippen molar-refractivity contribution in [1.82, 2.24) is 5.32 Å². The number of nitrogens with one attached hydrogen (secondary N) is 1. The van der Waals surface area contributed by atoms with E-state index >= 15 is 0 Å². The van der Waals surface area contributed by atoms with Crippen LogP contribution in [-0.2, 0) is 14.3 Å². The van der Waals surface area contributed by atoms with Crippen molar-refractivity contribution < 1.29 is 18.7 Å². The van der Waals surface area contributed by atoms with Gasteiger partial charge in [0.05, 0.1) is 13.4 Å². The first kappa shape index (κ1) is 12.0. The molecule has 1 unspecified atom stereocenters. The predicted molar refractivity (Wildman–Crippen MR) is 57.4 cm³/mol. The lowest BCUT2D eigenvalue weighted by Crippen LogP contribution is -2.38. The van der Waals surface area contributed by atoms with Crippen LogP contribution in [0.4, 0.5) is 0 Å². The number of carbonyl (C=O) groups is 2. The molecule has 1 aromatic rings. The highest BCUT2D eigenvalue weighted by atomic mass is 16.5. The minimum absolute atomic E-state index is 0.380. The number of rotatable bonds is 4. The number of esters is 1. The van der Waals surface area contributed by atoms with Crippen LogP contribution in [0.1, 0.15) is 12.7 Å². The molecule has 0 spiro atoms. The number of hydrogen-bond donors (Lipinski definition) is 1. The number of methoxy groups -OCH3 is 1. The molecule has 1 heterocycles. The van der Waals surface area contributed by atoms with Crippen LogP contribution in [0.3, 0.4) is 0 Å². The molecule has 0 bridgehead atoms. The molecule has 16 heavy (non-hydrogen) atoms. The molecule has 0 aliphatic heterocycles. The van der Waals surface area contributed by atoms with E-state index in [2.05, 4.69) is 10.1 Å². The zero-order valence-corrected chi connectivity index (χ0v) is 9.10. The second-order valence-corrected chi connectivity index (χ2v) is 3.10. The van der Waals surface area contributed by atoms with E-state index in [1.165, 1.54) is 25.5 Å². The second kappa shape index (κ2) is 5.75. The quantitative estimate of drug-likeness (QED) is 0.610. The van der Waals surface area contributed by atoms with Gasteiger partial charge in [0.2, 0.25) is 5.91 Å². The molecule has 86 valence electrons. The molecule has 0 aromatic carbocycles. The van der Waals surface area contributed by atoms with Gasteiger partial charge in [0, 0.05) is 6.08 Å². The van der Waals surface area contributed by atoms with E-state index in [1.807, 2.05) is 0 Å². The number of furan rings is 1. The van der Waals surface area contributed by atoms with Gasteiger partial charge in [0.15, 0.2) is 0 Å². The first-order valence-corrected chi connectivity index (χ1v) is 4.73. The minimum Gasteiger partial charge on any atom is -0.467 e. The number of amides is 1. The maximum Gasteiger partial charge on any atom is 0.328 e. The highest BCUT2D eigenvalue weighted by Crippen LogP contribution is 2.01. The van der Waals surface area contributed by atoms with Crippen LogP contribution in [0, 0.1) is 0 Å². The van der Waals surface area contributed by atoms with E-state index in [0.29, 0.717) is 5.76 Å². The van der Waals surface area contributed by atoms with Crippen molar-refractivity contribution in [2.75, 3.05) is 7.11 Å². The largest absolute Gasteiger partial charge is 0.467 e. The van der Waals surface area contributed by atoms with Gasteiger partial charge in [0.1, 0.15) is 11.8 Å². The molecule has 0 saturated heterocycles. The summed E-state index contributed by atoms with van der Waals surface area (Å²) in [6.07, 6.45) is 4.31. The maximum atomic E-state index is 11.3. The third-order valence-electron chi connectivity index (χ3n) is 1.86. The summed E-state index contributed by atoms with van der Waals surface area (Å²) in [5.74, 6) is -0.296. The fraction of sp³-hybridized carbons (Fsp3) is 0.273. The molecule has 1 rings (SSSR count). The van der Waals surface area contributed by atoms with Crippen LogP contribution in [-0.4, -0.2) is 25.0 Å². The topological polar surface area (TPSA) is 68.5 Å². The van der Waals surface area contributed by atoms with Gasteiger partial charge in [-0.2, -0.15) is 0 Å². The van der Waals surface area contributed by atoms with Crippen LogP contribution in [0.5, 0.6) is 0 Å². The van der Waals surface area contributed by atoms with Crippen molar-refractivity contribution in [2.45, 2.75) is 13.0 Å². The maximum absolute atomic E-state index is 11.3. The lowest BCUT2D eigenvalue weighted by atomic mass is 10.3. The summed E-state index contributed by atoms with van der Waals surface area (Å²) in [4.78, 5) is 22.3. The predicted octanol–water partition coefficient (Wildman–Crippen LogP) is 0.970. The van der Waals surface area contributed by atoms with E-state index in [9.17, 15) is 9.59 Å². The Labute approximate surface area is 93.1 Å². The lowest BCUT2D eigenvalue weighted by Gasteiger charge is -2.08. The minimum atomic E-state index is -0.668. The first-order valence-electron chi connectivity index (χ1n) is 4.73. The Morgan fingerprint density at radius 1 is 1.56 bits per heavy atom. The van der Waals surface area contributed by atoms with E-state index in [-0.39, 0.29) is 5.91 Å². The molecular weight excluding hydrogens is 210 g/mol. The molecule has 0 radical (unpaired) electrons. The molecule has 1 atom stereocenters. The van der Waals surface area contributed by atoms with Gasteiger partial charge in [0.25, 0.3) is 0 Å². The lowest BCUT2D eigenvalue weighted by molar-refractivity contribution is -0.144. The molecule has 1 amide bonds. The summed E-state index contributed by atoms with van der Waals surface area (Å²) in [6.45, 7) is 1.55. The normalized spacial score (nSPS) is 12.4. The van der Waals surface area contributed by atoms with Crippen molar-refractivity contribution in [2.24, 2.45) is 0 Å². The Morgan fingerprint density at radius 2 is 2.31 bits per heavy atom. The van der Waals surface area contributed by atoms with Crippen LogP contribution in [0.2, 0.25) is 0 Å². The molecular formula is C11H13NO4. The number of carbonyl (C=O) groups excluding carboxylic acids is 2. The van der Waals surface area contributed by atoms with Gasteiger partial charge >= 0.3 is 5.97 Å². The van der Waals surface area contributed by atoms with Crippen LogP contribution in [0.25, 0.3) is 6.08 Å². The van der Waals surface area contributed by atoms with Crippen molar-refractivity contribution in [3.8, 4) is 0 Å². The van der Waals surface area contributed by atoms with Crippen LogP contribution < -0.4 is 5.32 Å². The van der Waals surface area contributed by atoms with Crippen LogP contribution in [0.15, 0.2) is 28.9 Å². The smallest absolute Gasteiger partial charge is 0.328 e. The fourth-order valence-electron chi connectivity index (χ4n) is 1.04. The Morgan fingerprint density at radius 3 is 2.88 bits per heavy atom. The van der Waals surface area contributed by atoms with Crippen molar-refractivity contribution >= 4 is 18.0 Å². The summed E-state index contributed by atoms with van der Waals surface area (Å²) in [5, 5.41) is 2.45. The fourth-order valence-corrected chi connectivity index (χ4v) is 1.04. The van der Waals surface area contributed by atoms with Gasteiger partial charge in [-0.05, 0) is 25.1 Å². The average molecular weight is 223 g/mol. The summed E-state index contributed by atoms with van der Waals surface area (Å²) >= 11 is 0. The molecule has 1 N–H and O–H groups in total. The molecule has 0 saturated carbocycles. The number of hydrogen-bond acceptors (Lipinski definition) is 4. The highest BCUT2D eigenvalue weighted by molar-refractivity contribution is 5.94. The summed E-state index contributed by atoms with van der Waals surface area (Å²) in [5.41, 5.74) is 0. The summed E-state index contributed by atoms with van der Waals surface area (Å²) in [7, 11) is 1.27. The van der Waals surface area contributed by atoms with Gasteiger partial charge in [-0.1, -0.05) is 0 Å². The third kappa shape index (κ3) is 3.61. The van der Waals surface area contributed by atoms with Crippen molar-refractivity contribution in [1.29, 1.82) is 0 Å². The van der Waals surface area contributed by atoms with Gasteiger partial charge in [-0.3, -0.25) is 4.79 Å². The molecule has 5 nitrogen and oxygen atoms in total. The van der Waals surface area contributed by atoms with E-state index in [1.54, 1.807) is 19.1 Å². The van der Waals surface area contributed by atoms with Gasteiger partial charge < -0.3 is 14.5 Å². The Kier molecular flexibility index (Phi) is 4.32. The Balaban J connectivity index is 2.45. The zero-order chi connectivity index (χ0) is 12.0. The van der Waals surface area contributed by atoms with Crippen LogP contribution >= 0.6 is 0 Å². The Bertz CT molecular complexity index is 381.